The Morgan fingerprint density at radius 3 is 2.44 bits per heavy atom. The molecule has 0 bridgehead atoms. The third kappa shape index (κ3) is 5.15. The highest BCUT2D eigenvalue weighted by Crippen LogP contribution is 2.34. The van der Waals surface area contributed by atoms with Gasteiger partial charge in [0, 0.05) is 35.9 Å². The van der Waals surface area contributed by atoms with Crippen molar-refractivity contribution >= 4 is 28.6 Å². The van der Waals surface area contributed by atoms with Crippen LogP contribution in [0.2, 0.25) is 0 Å². The summed E-state index contributed by atoms with van der Waals surface area (Å²) in [5, 5.41) is 13.6. The van der Waals surface area contributed by atoms with Gasteiger partial charge in [0.2, 0.25) is 5.91 Å². The number of carbonyl (C=O) groups is 1. The van der Waals surface area contributed by atoms with Crippen molar-refractivity contribution in [3.63, 3.8) is 0 Å². The van der Waals surface area contributed by atoms with Crippen molar-refractivity contribution in [3.8, 4) is 28.3 Å². The fourth-order valence-corrected chi connectivity index (χ4v) is 4.72. The van der Waals surface area contributed by atoms with Gasteiger partial charge in [0.05, 0.1) is 23.6 Å². The number of pyridine rings is 1. The van der Waals surface area contributed by atoms with Crippen LogP contribution in [-0.2, 0) is 9.53 Å². The predicted octanol–water partition coefficient (Wildman–Crippen LogP) is 5.00. The second-order valence-corrected chi connectivity index (χ2v) is 8.99. The molecule has 0 saturated heterocycles. The Kier molecular flexibility index (Phi) is 7.35. The average molecular weight is 496 g/mol. The van der Waals surface area contributed by atoms with Crippen LogP contribution in [0, 0.1) is 0 Å². The van der Waals surface area contributed by atoms with E-state index in [9.17, 15) is 4.79 Å². The molecule has 2 aromatic heterocycles. The Bertz CT molecular complexity index is 1470. The first kappa shape index (κ1) is 23.7. The van der Waals surface area contributed by atoms with Crippen LogP contribution in [0.15, 0.2) is 96.2 Å². The topological polar surface area (TPSA) is 81.9 Å². The van der Waals surface area contributed by atoms with Crippen molar-refractivity contribution < 1.29 is 9.53 Å². The van der Waals surface area contributed by atoms with Crippen molar-refractivity contribution in [2.45, 2.75) is 5.16 Å². The lowest BCUT2D eigenvalue weighted by atomic mass is 10.0. The number of hydrogen-bond acceptors (Lipinski definition) is 6. The Morgan fingerprint density at radius 2 is 1.67 bits per heavy atom. The molecule has 3 aromatic carbocycles. The molecule has 0 saturated carbocycles. The summed E-state index contributed by atoms with van der Waals surface area (Å²) in [7, 11) is 1.61. The molecule has 1 amide bonds. The first-order chi connectivity index (χ1) is 17.7. The lowest BCUT2D eigenvalue weighted by molar-refractivity contribution is -0.118. The second-order valence-electron chi connectivity index (χ2n) is 8.05. The molecule has 5 rings (SSSR count). The standard InChI is InChI=1S/C28H25N5O2S/c1-35-17-16-29-26(34)19-36-28-32-31-27(33(28)21-12-6-3-7-13-21)23-18-25(20-10-4-2-5-11-20)30-24-15-9-8-14-22(23)24/h2-15,18H,16-17,19H2,1H3,(H,29,34). The first-order valence-corrected chi connectivity index (χ1v) is 12.6. The van der Waals surface area contributed by atoms with Crippen LogP contribution in [-0.4, -0.2) is 51.7 Å². The van der Waals surface area contributed by atoms with Gasteiger partial charge >= 0.3 is 0 Å². The number of ether oxygens (including phenoxy) is 1. The van der Waals surface area contributed by atoms with E-state index in [1.807, 2.05) is 89.5 Å². The smallest absolute Gasteiger partial charge is 0.230 e. The van der Waals surface area contributed by atoms with Gasteiger partial charge in [-0.3, -0.25) is 9.36 Å². The van der Waals surface area contributed by atoms with Gasteiger partial charge in [0.15, 0.2) is 11.0 Å². The van der Waals surface area contributed by atoms with Crippen LogP contribution < -0.4 is 5.32 Å². The van der Waals surface area contributed by atoms with Gasteiger partial charge in [0.1, 0.15) is 0 Å². The van der Waals surface area contributed by atoms with Crippen molar-refractivity contribution in [1.82, 2.24) is 25.1 Å². The lowest BCUT2D eigenvalue weighted by Crippen LogP contribution is -2.28. The summed E-state index contributed by atoms with van der Waals surface area (Å²) in [6.07, 6.45) is 0. The zero-order chi connectivity index (χ0) is 24.7. The minimum atomic E-state index is -0.0815. The highest BCUT2D eigenvalue weighted by Gasteiger charge is 2.20. The minimum Gasteiger partial charge on any atom is -0.383 e. The van der Waals surface area contributed by atoms with Crippen LogP contribution in [0.1, 0.15) is 0 Å². The summed E-state index contributed by atoms with van der Waals surface area (Å²) >= 11 is 1.35. The van der Waals surface area contributed by atoms with Gasteiger partial charge in [-0.25, -0.2) is 4.98 Å². The summed E-state index contributed by atoms with van der Waals surface area (Å²) in [5.74, 6) is 0.835. The molecular formula is C28H25N5O2S. The molecule has 0 aliphatic carbocycles. The highest BCUT2D eigenvalue weighted by molar-refractivity contribution is 7.99. The van der Waals surface area contributed by atoms with Gasteiger partial charge in [-0.15, -0.1) is 10.2 Å². The number of thioether (sulfide) groups is 1. The molecule has 0 unspecified atom stereocenters. The molecule has 0 radical (unpaired) electrons. The second kappa shape index (κ2) is 11.2. The number of methoxy groups -OCH3 is 1. The molecule has 0 aliphatic heterocycles. The van der Waals surface area contributed by atoms with Gasteiger partial charge < -0.3 is 10.1 Å². The van der Waals surface area contributed by atoms with Crippen molar-refractivity contribution in [3.05, 3.63) is 91.0 Å². The number of rotatable bonds is 9. The zero-order valence-corrected chi connectivity index (χ0v) is 20.6. The maximum absolute atomic E-state index is 12.3. The number of aromatic nitrogens is 4. The average Bonchev–Trinajstić information content (AvgIpc) is 3.36. The van der Waals surface area contributed by atoms with E-state index in [-0.39, 0.29) is 11.7 Å². The van der Waals surface area contributed by atoms with Crippen LogP contribution in [0.25, 0.3) is 39.2 Å². The first-order valence-electron chi connectivity index (χ1n) is 11.6. The molecule has 0 fully saturated rings. The number of nitrogens with zero attached hydrogens (tertiary/aromatic N) is 4. The number of fused-ring (bicyclic) bond motifs is 1. The summed E-state index contributed by atoms with van der Waals surface area (Å²) < 4.78 is 7.01. The molecule has 36 heavy (non-hydrogen) atoms. The van der Waals surface area contributed by atoms with Gasteiger partial charge in [0.25, 0.3) is 0 Å². The normalized spacial score (nSPS) is 11.0. The summed E-state index contributed by atoms with van der Waals surface area (Å²) in [5.41, 5.74) is 4.61. The van der Waals surface area contributed by atoms with Crippen molar-refractivity contribution in [1.29, 1.82) is 0 Å². The molecular weight excluding hydrogens is 470 g/mol. The monoisotopic (exact) mass is 495 g/mol. The molecule has 2 heterocycles. The molecule has 7 nitrogen and oxygen atoms in total. The molecule has 0 aliphatic rings. The lowest BCUT2D eigenvalue weighted by Gasteiger charge is -2.13. The number of para-hydroxylation sites is 2. The maximum atomic E-state index is 12.3. The Balaban J connectivity index is 1.60. The summed E-state index contributed by atoms with van der Waals surface area (Å²) in [6, 6.07) is 30.1. The number of carbonyl (C=O) groups excluding carboxylic acids is 1. The van der Waals surface area contributed by atoms with Gasteiger partial charge in [-0.05, 0) is 24.3 Å². The molecule has 5 aromatic rings. The highest BCUT2D eigenvalue weighted by atomic mass is 32.2. The number of benzene rings is 3. The van der Waals surface area contributed by atoms with Crippen molar-refractivity contribution in [2.24, 2.45) is 0 Å². The third-order valence-electron chi connectivity index (χ3n) is 5.64. The van der Waals surface area contributed by atoms with Crippen molar-refractivity contribution in [2.75, 3.05) is 26.0 Å². The molecule has 0 spiro atoms. The molecule has 1 N–H and O–H groups in total. The van der Waals surface area contributed by atoms with E-state index in [0.717, 1.165) is 33.4 Å². The van der Waals surface area contributed by atoms with E-state index in [0.29, 0.717) is 24.1 Å². The van der Waals surface area contributed by atoms with E-state index in [2.05, 4.69) is 21.6 Å². The van der Waals surface area contributed by atoms with E-state index in [1.54, 1.807) is 7.11 Å². The van der Waals surface area contributed by atoms with Crippen LogP contribution in [0.4, 0.5) is 0 Å². The van der Waals surface area contributed by atoms with Crippen LogP contribution in [0.5, 0.6) is 0 Å². The molecule has 180 valence electrons. The van der Waals surface area contributed by atoms with Crippen LogP contribution >= 0.6 is 11.8 Å². The maximum Gasteiger partial charge on any atom is 0.230 e. The molecule has 0 atom stereocenters. The third-order valence-corrected chi connectivity index (χ3v) is 6.56. The predicted molar refractivity (Wildman–Crippen MR) is 143 cm³/mol. The Hall–Kier alpha value is -4.01. The largest absolute Gasteiger partial charge is 0.383 e. The zero-order valence-electron chi connectivity index (χ0n) is 19.8. The quantitative estimate of drug-likeness (QED) is 0.229. The fourth-order valence-electron chi connectivity index (χ4n) is 3.94. The summed E-state index contributed by atoms with van der Waals surface area (Å²) in [4.78, 5) is 17.2. The minimum absolute atomic E-state index is 0.0815. The SMILES string of the molecule is COCCNC(=O)CSc1nnc(-c2cc(-c3ccccc3)nc3ccccc23)n1-c1ccccc1. The number of amides is 1. The van der Waals surface area contributed by atoms with Gasteiger partial charge in [-0.2, -0.15) is 0 Å². The van der Waals surface area contributed by atoms with E-state index in [4.69, 9.17) is 9.72 Å². The Labute approximate surface area is 213 Å². The fraction of sp³-hybridized carbons (Fsp3) is 0.143. The number of hydrogen-bond donors (Lipinski definition) is 1. The summed E-state index contributed by atoms with van der Waals surface area (Å²) in [6.45, 7) is 0.942. The van der Waals surface area contributed by atoms with E-state index >= 15 is 0 Å². The van der Waals surface area contributed by atoms with E-state index in [1.165, 1.54) is 11.8 Å². The Morgan fingerprint density at radius 1 is 0.944 bits per heavy atom. The molecule has 8 heteroatoms. The van der Waals surface area contributed by atoms with Crippen LogP contribution in [0.3, 0.4) is 0 Å². The van der Waals surface area contributed by atoms with Gasteiger partial charge in [-0.1, -0.05) is 78.5 Å². The number of nitrogens with one attached hydrogen (secondary N) is 1. The van der Waals surface area contributed by atoms with E-state index < -0.39 is 0 Å².